The summed E-state index contributed by atoms with van der Waals surface area (Å²) in [6.45, 7) is 1.73. The molecular weight excluding hydrogens is 408 g/mol. The van der Waals surface area contributed by atoms with Gasteiger partial charge in [-0.15, -0.1) is 0 Å². The fourth-order valence-electron chi connectivity index (χ4n) is 3.74. The number of pyridine rings is 2. The molecule has 0 bridgehead atoms. The number of aromatic nitrogens is 2. The van der Waals surface area contributed by atoms with Gasteiger partial charge in [-0.1, -0.05) is 12.1 Å². The van der Waals surface area contributed by atoms with Crippen LogP contribution in [0.15, 0.2) is 65.6 Å². The number of hydrogen-bond donors (Lipinski definition) is 0. The Labute approximate surface area is 184 Å². The van der Waals surface area contributed by atoms with E-state index in [9.17, 15) is 9.59 Å². The van der Waals surface area contributed by atoms with E-state index in [0.717, 1.165) is 0 Å². The number of ether oxygens (including phenoxy) is 3. The Morgan fingerprint density at radius 2 is 1.47 bits per heavy atom. The van der Waals surface area contributed by atoms with Gasteiger partial charge in [0.05, 0.1) is 43.5 Å². The third-order valence-electron chi connectivity index (χ3n) is 5.34. The highest BCUT2D eigenvalue weighted by molar-refractivity contribution is 6.07. The zero-order valence-electron chi connectivity index (χ0n) is 18.2. The van der Waals surface area contributed by atoms with E-state index in [-0.39, 0.29) is 11.1 Å². The van der Waals surface area contributed by atoms with Gasteiger partial charge in [0.15, 0.2) is 0 Å². The number of hydrogen-bond acceptors (Lipinski definition) is 6. The molecule has 0 aliphatic rings. The minimum absolute atomic E-state index is 0.259. The SMILES string of the molecule is COC(=O)c1c(C)nc2ccn(-c3ccc(OC)cc3)c(=O)c2c1-c1ccc(OC)cc1. The van der Waals surface area contributed by atoms with Crippen LogP contribution < -0.4 is 15.0 Å². The van der Waals surface area contributed by atoms with Gasteiger partial charge in [0.25, 0.3) is 5.56 Å². The molecule has 162 valence electrons. The van der Waals surface area contributed by atoms with E-state index in [1.54, 1.807) is 69.8 Å². The molecule has 0 N–H and O–H groups in total. The van der Waals surface area contributed by atoms with Crippen LogP contribution in [0, 0.1) is 6.92 Å². The normalized spacial score (nSPS) is 10.8. The first-order chi connectivity index (χ1) is 15.5. The highest BCUT2D eigenvalue weighted by Crippen LogP contribution is 2.33. The second-order valence-electron chi connectivity index (χ2n) is 7.12. The van der Waals surface area contributed by atoms with Crippen molar-refractivity contribution in [2.45, 2.75) is 6.92 Å². The summed E-state index contributed by atoms with van der Waals surface area (Å²) in [5.74, 6) is 0.799. The van der Waals surface area contributed by atoms with Gasteiger partial charge >= 0.3 is 5.97 Å². The molecular formula is C25H22N2O5. The van der Waals surface area contributed by atoms with E-state index in [0.29, 0.717) is 44.9 Å². The number of nitrogens with zero attached hydrogens (tertiary/aromatic N) is 2. The van der Waals surface area contributed by atoms with Crippen LogP contribution in [0.1, 0.15) is 16.1 Å². The van der Waals surface area contributed by atoms with Gasteiger partial charge in [-0.25, -0.2) is 4.79 Å². The molecule has 0 aliphatic heterocycles. The van der Waals surface area contributed by atoms with Gasteiger partial charge in [0, 0.05) is 17.4 Å². The summed E-state index contributed by atoms with van der Waals surface area (Å²) >= 11 is 0. The van der Waals surface area contributed by atoms with Crippen molar-refractivity contribution in [3.63, 3.8) is 0 Å². The summed E-state index contributed by atoms with van der Waals surface area (Å²) in [6, 6.07) is 16.1. The number of fused-ring (bicyclic) bond motifs is 1. The van der Waals surface area contributed by atoms with E-state index in [1.807, 2.05) is 12.1 Å². The van der Waals surface area contributed by atoms with Crippen molar-refractivity contribution in [1.29, 1.82) is 0 Å². The quantitative estimate of drug-likeness (QED) is 0.442. The molecule has 2 aromatic carbocycles. The maximum atomic E-state index is 13.7. The summed E-state index contributed by atoms with van der Waals surface area (Å²) in [6.07, 6.45) is 1.68. The number of carbonyl (C=O) groups excluding carboxylic acids is 1. The first kappa shape index (κ1) is 21.1. The zero-order valence-corrected chi connectivity index (χ0v) is 18.2. The second-order valence-corrected chi connectivity index (χ2v) is 7.12. The van der Waals surface area contributed by atoms with E-state index < -0.39 is 5.97 Å². The molecule has 0 spiro atoms. The van der Waals surface area contributed by atoms with Crippen LogP contribution in [0.25, 0.3) is 27.7 Å². The van der Waals surface area contributed by atoms with Gasteiger partial charge in [0.1, 0.15) is 11.5 Å². The van der Waals surface area contributed by atoms with E-state index >= 15 is 0 Å². The molecule has 4 aromatic rings. The minimum atomic E-state index is -0.554. The molecule has 0 amide bonds. The first-order valence-corrected chi connectivity index (χ1v) is 9.91. The number of carbonyl (C=O) groups is 1. The number of aryl methyl sites for hydroxylation is 1. The standard InChI is InChI=1S/C25H22N2O5/c1-15-21(25(29)32-4)22(16-5-9-18(30-2)10-6-16)23-20(26-15)13-14-27(24(23)28)17-7-11-19(31-3)12-8-17/h5-14H,1-4H3. The third kappa shape index (κ3) is 3.58. The molecule has 0 unspecified atom stereocenters. The van der Waals surface area contributed by atoms with Crippen LogP contribution in [0.5, 0.6) is 11.5 Å². The van der Waals surface area contributed by atoms with Crippen molar-refractivity contribution < 1.29 is 19.0 Å². The van der Waals surface area contributed by atoms with Gasteiger partial charge in [-0.2, -0.15) is 0 Å². The van der Waals surface area contributed by atoms with Crippen LogP contribution in [-0.4, -0.2) is 36.8 Å². The fraction of sp³-hybridized carbons (Fsp3) is 0.160. The van der Waals surface area contributed by atoms with Gasteiger partial charge in [-0.05, 0) is 55.0 Å². The smallest absolute Gasteiger partial charge is 0.340 e. The molecule has 0 atom stereocenters. The average molecular weight is 430 g/mol. The molecule has 2 heterocycles. The molecule has 32 heavy (non-hydrogen) atoms. The molecule has 0 radical (unpaired) electrons. The Kier molecular flexibility index (Phi) is 5.64. The van der Waals surface area contributed by atoms with E-state index in [1.165, 1.54) is 11.7 Å². The molecule has 4 rings (SSSR count). The molecule has 2 aromatic heterocycles. The summed E-state index contributed by atoms with van der Waals surface area (Å²) in [5.41, 5.74) is 2.78. The lowest BCUT2D eigenvalue weighted by atomic mass is 9.95. The van der Waals surface area contributed by atoms with Crippen molar-refractivity contribution in [1.82, 2.24) is 9.55 Å². The molecule has 7 nitrogen and oxygen atoms in total. The maximum absolute atomic E-state index is 13.7. The highest BCUT2D eigenvalue weighted by Gasteiger charge is 2.23. The van der Waals surface area contributed by atoms with Gasteiger partial charge < -0.3 is 14.2 Å². The summed E-state index contributed by atoms with van der Waals surface area (Å²) < 4.78 is 17.0. The Hall–Kier alpha value is -4.13. The summed E-state index contributed by atoms with van der Waals surface area (Å²) in [4.78, 5) is 30.9. The van der Waals surface area contributed by atoms with E-state index in [4.69, 9.17) is 14.2 Å². The lowest BCUT2D eigenvalue weighted by molar-refractivity contribution is 0.0600. The number of benzene rings is 2. The second kappa shape index (κ2) is 8.55. The van der Waals surface area contributed by atoms with Crippen molar-refractivity contribution in [2.24, 2.45) is 0 Å². The third-order valence-corrected chi connectivity index (χ3v) is 5.34. The predicted molar refractivity (Wildman–Crippen MR) is 122 cm³/mol. The van der Waals surface area contributed by atoms with Crippen LogP contribution in [0.2, 0.25) is 0 Å². The fourth-order valence-corrected chi connectivity index (χ4v) is 3.74. The van der Waals surface area contributed by atoms with Gasteiger partial charge in [0.2, 0.25) is 0 Å². The van der Waals surface area contributed by atoms with Gasteiger partial charge in [-0.3, -0.25) is 14.3 Å². The average Bonchev–Trinajstić information content (AvgIpc) is 2.83. The molecule has 0 fully saturated rings. The monoisotopic (exact) mass is 430 g/mol. The largest absolute Gasteiger partial charge is 0.497 e. The predicted octanol–water partition coefficient (Wildman–Crippen LogP) is 4.16. The molecule has 7 heteroatoms. The molecule has 0 saturated heterocycles. The van der Waals surface area contributed by atoms with Crippen molar-refractivity contribution >= 4 is 16.9 Å². The Bertz CT molecular complexity index is 1360. The van der Waals surface area contributed by atoms with Crippen molar-refractivity contribution in [3.8, 4) is 28.3 Å². The molecule has 0 saturated carbocycles. The lowest BCUT2D eigenvalue weighted by Gasteiger charge is -2.16. The van der Waals surface area contributed by atoms with Crippen LogP contribution in [0.4, 0.5) is 0 Å². The number of methoxy groups -OCH3 is 3. The lowest BCUT2D eigenvalue weighted by Crippen LogP contribution is -2.20. The van der Waals surface area contributed by atoms with Crippen molar-refractivity contribution in [2.75, 3.05) is 21.3 Å². The van der Waals surface area contributed by atoms with Crippen molar-refractivity contribution in [3.05, 3.63) is 82.4 Å². The van der Waals surface area contributed by atoms with Crippen LogP contribution in [-0.2, 0) is 4.74 Å². The first-order valence-electron chi connectivity index (χ1n) is 9.91. The van der Waals surface area contributed by atoms with Crippen LogP contribution >= 0.6 is 0 Å². The summed E-state index contributed by atoms with van der Waals surface area (Å²) in [5, 5.41) is 0.333. The maximum Gasteiger partial charge on any atom is 0.340 e. The van der Waals surface area contributed by atoms with Crippen LogP contribution in [0.3, 0.4) is 0 Å². The summed E-state index contributed by atoms with van der Waals surface area (Å²) in [7, 11) is 4.47. The minimum Gasteiger partial charge on any atom is -0.497 e. The Balaban J connectivity index is 2.07. The number of rotatable bonds is 5. The van der Waals surface area contributed by atoms with E-state index in [2.05, 4.69) is 4.98 Å². The highest BCUT2D eigenvalue weighted by atomic mass is 16.5. The Morgan fingerprint density at radius 3 is 2.03 bits per heavy atom. The molecule has 0 aliphatic carbocycles. The Morgan fingerprint density at radius 1 is 0.875 bits per heavy atom. The zero-order chi connectivity index (χ0) is 22.8. The number of esters is 1. The topological polar surface area (TPSA) is 79.6 Å².